The molecule has 0 bridgehead atoms. The summed E-state index contributed by atoms with van der Waals surface area (Å²) in [5.74, 6) is 0. The number of rotatable bonds is 27. The van der Waals surface area contributed by atoms with E-state index in [9.17, 15) is 0 Å². The summed E-state index contributed by atoms with van der Waals surface area (Å²) in [6, 6.07) is 0. The van der Waals surface area contributed by atoms with Gasteiger partial charge in [-0.2, -0.15) is 0 Å². The molecule has 0 radical (unpaired) electrons. The van der Waals surface area contributed by atoms with E-state index in [4.69, 9.17) is 0 Å². The van der Waals surface area contributed by atoms with Gasteiger partial charge in [-0.15, -0.1) is 0 Å². The summed E-state index contributed by atoms with van der Waals surface area (Å²) in [6.45, 7) is 9.41. The highest BCUT2D eigenvalue weighted by molar-refractivity contribution is 4.96. The van der Waals surface area contributed by atoms with E-state index in [2.05, 4.69) is 43.0 Å². The van der Waals surface area contributed by atoms with Crippen LogP contribution in [-0.4, -0.2) is 29.1 Å². The zero-order valence-corrected chi connectivity index (χ0v) is 24.7. The van der Waals surface area contributed by atoms with Crippen molar-refractivity contribution in [2.24, 2.45) is 0 Å². The van der Waals surface area contributed by atoms with Crippen molar-refractivity contribution >= 4 is 0 Å². The maximum Gasteiger partial charge on any atom is 0.101 e. The summed E-state index contributed by atoms with van der Waals surface area (Å²) in [4.78, 5) is 5.28. The van der Waals surface area contributed by atoms with E-state index in [1.807, 2.05) is 0 Å². The van der Waals surface area contributed by atoms with Crippen LogP contribution in [0.1, 0.15) is 181 Å². The van der Waals surface area contributed by atoms with E-state index in [1.54, 1.807) is 0 Å². The van der Waals surface area contributed by atoms with Crippen molar-refractivity contribution in [3.8, 4) is 0 Å². The topological polar surface area (TPSA) is 6.48 Å². The maximum absolute atomic E-state index is 2.66. The van der Waals surface area contributed by atoms with Crippen molar-refractivity contribution < 1.29 is 0 Å². The van der Waals surface area contributed by atoms with Gasteiger partial charge in [-0.1, -0.05) is 156 Å². The van der Waals surface area contributed by atoms with Gasteiger partial charge < -0.3 is 9.80 Å². The third-order valence-corrected chi connectivity index (χ3v) is 8.03. The van der Waals surface area contributed by atoms with Crippen molar-refractivity contribution in [3.05, 3.63) is 12.4 Å². The summed E-state index contributed by atoms with van der Waals surface area (Å²) in [7, 11) is 0. The quantitative estimate of drug-likeness (QED) is 0.106. The van der Waals surface area contributed by atoms with Crippen LogP contribution in [0, 0.1) is 0 Å². The molecule has 2 nitrogen and oxygen atoms in total. The van der Waals surface area contributed by atoms with Crippen LogP contribution >= 0.6 is 0 Å². The Hall–Kier alpha value is -0.660. The Bertz CT molecular complexity index is 446. The Morgan fingerprint density at radius 3 is 1.11 bits per heavy atom. The lowest BCUT2D eigenvalue weighted by Crippen LogP contribution is -2.39. The fraction of sp³-hybridized carbons (Fsp3) is 0.939. The van der Waals surface area contributed by atoms with Crippen molar-refractivity contribution in [2.75, 3.05) is 13.1 Å². The molecule has 1 aliphatic heterocycles. The molecule has 2 heteroatoms. The van der Waals surface area contributed by atoms with Gasteiger partial charge >= 0.3 is 0 Å². The van der Waals surface area contributed by atoms with Gasteiger partial charge in [-0.25, -0.2) is 0 Å². The van der Waals surface area contributed by atoms with Crippen LogP contribution in [0.15, 0.2) is 12.4 Å². The predicted molar refractivity (Wildman–Crippen MR) is 159 cm³/mol. The molecule has 1 atom stereocenters. The van der Waals surface area contributed by atoms with Gasteiger partial charge in [0.05, 0.1) is 0 Å². The lowest BCUT2D eigenvalue weighted by molar-refractivity contribution is 0.137. The minimum absolute atomic E-state index is 0.641. The molecule has 1 unspecified atom stereocenters. The van der Waals surface area contributed by atoms with Crippen molar-refractivity contribution in [3.63, 3.8) is 0 Å². The average molecular weight is 491 g/mol. The second-order valence-electron chi connectivity index (χ2n) is 11.5. The van der Waals surface area contributed by atoms with Crippen LogP contribution in [-0.2, 0) is 0 Å². The highest BCUT2D eigenvalue weighted by Crippen LogP contribution is 2.23. The molecule has 1 heterocycles. The smallest absolute Gasteiger partial charge is 0.101 e. The van der Waals surface area contributed by atoms with Gasteiger partial charge in [0.15, 0.2) is 0 Å². The molecule has 0 aliphatic carbocycles. The van der Waals surface area contributed by atoms with E-state index >= 15 is 0 Å². The zero-order chi connectivity index (χ0) is 25.2. The number of unbranched alkanes of at least 4 members (excludes halogenated alkanes) is 21. The van der Waals surface area contributed by atoms with E-state index in [0.717, 1.165) is 0 Å². The van der Waals surface area contributed by atoms with Crippen molar-refractivity contribution in [2.45, 2.75) is 187 Å². The molecule has 0 amide bonds. The highest BCUT2D eigenvalue weighted by atomic mass is 15.4. The van der Waals surface area contributed by atoms with E-state index in [-0.39, 0.29) is 0 Å². The molecule has 0 aromatic rings. The van der Waals surface area contributed by atoms with Gasteiger partial charge in [0.1, 0.15) is 6.17 Å². The molecule has 0 fully saturated rings. The first kappa shape index (κ1) is 32.4. The Morgan fingerprint density at radius 1 is 0.371 bits per heavy atom. The lowest BCUT2D eigenvalue weighted by atomic mass is 10.0. The molecule has 0 aromatic carbocycles. The average Bonchev–Trinajstić information content (AvgIpc) is 3.24. The zero-order valence-electron chi connectivity index (χ0n) is 24.7. The normalized spacial score (nSPS) is 15.6. The molecule has 35 heavy (non-hydrogen) atoms. The first-order chi connectivity index (χ1) is 17.3. The second kappa shape index (κ2) is 25.0. The van der Waals surface area contributed by atoms with Crippen molar-refractivity contribution in [1.29, 1.82) is 0 Å². The Balaban J connectivity index is 1.98. The summed E-state index contributed by atoms with van der Waals surface area (Å²) >= 11 is 0. The van der Waals surface area contributed by atoms with Crippen LogP contribution in [0.4, 0.5) is 0 Å². The summed E-state index contributed by atoms with van der Waals surface area (Å²) in [5.41, 5.74) is 0. The molecule has 1 rings (SSSR count). The monoisotopic (exact) mass is 491 g/mol. The van der Waals surface area contributed by atoms with Crippen LogP contribution < -0.4 is 0 Å². The van der Waals surface area contributed by atoms with E-state index in [1.165, 1.54) is 174 Å². The van der Waals surface area contributed by atoms with Gasteiger partial charge in [0, 0.05) is 25.5 Å². The van der Waals surface area contributed by atoms with Crippen LogP contribution in [0.3, 0.4) is 0 Å². The minimum atomic E-state index is 0.641. The first-order valence-electron chi connectivity index (χ1n) is 16.5. The fourth-order valence-corrected chi connectivity index (χ4v) is 5.72. The molecule has 0 spiro atoms. The number of nitrogens with zero attached hydrogens (tertiary/aromatic N) is 2. The largest absolute Gasteiger partial charge is 0.356 e. The van der Waals surface area contributed by atoms with E-state index < -0.39 is 0 Å². The predicted octanol–water partition coefficient (Wildman–Crippen LogP) is 11.2. The Morgan fingerprint density at radius 2 is 0.714 bits per heavy atom. The number of hydrogen-bond donors (Lipinski definition) is 0. The first-order valence-corrected chi connectivity index (χ1v) is 16.5. The molecule has 0 saturated carbocycles. The Kier molecular flexibility index (Phi) is 23.1. The maximum atomic E-state index is 2.66. The van der Waals surface area contributed by atoms with Gasteiger partial charge in [-0.05, 0) is 25.7 Å². The summed E-state index contributed by atoms with van der Waals surface area (Å²) < 4.78 is 0. The van der Waals surface area contributed by atoms with Gasteiger partial charge in [0.2, 0.25) is 0 Å². The van der Waals surface area contributed by atoms with Crippen LogP contribution in [0.2, 0.25) is 0 Å². The molecule has 0 saturated heterocycles. The van der Waals surface area contributed by atoms with Crippen LogP contribution in [0.5, 0.6) is 0 Å². The minimum Gasteiger partial charge on any atom is -0.356 e. The van der Waals surface area contributed by atoms with Crippen molar-refractivity contribution in [1.82, 2.24) is 9.80 Å². The molecule has 0 aromatic heterocycles. The molecule has 208 valence electrons. The van der Waals surface area contributed by atoms with Gasteiger partial charge in [-0.3, -0.25) is 0 Å². The second-order valence-corrected chi connectivity index (χ2v) is 11.5. The highest BCUT2D eigenvalue weighted by Gasteiger charge is 2.24. The van der Waals surface area contributed by atoms with Crippen LogP contribution in [0.25, 0.3) is 0 Å². The molecule has 1 aliphatic rings. The lowest BCUT2D eigenvalue weighted by Gasteiger charge is -2.33. The third kappa shape index (κ3) is 18.3. The third-order valence-electron chi connectivity index (χ3n) is 8.03. The molecule has 0 N–H and O–H groups in total. The molecular weight excluding hydrogens is 424 g/mol. The van der Waals surface area contributed by atoms with Gasteiger partial charge in [0.25, 0.3) is 0 Å². The summed E-state index contributed by atoms with van der Waals surface area (Å²) in [5, 5.41) is 0. The summed E-state index contributed by atoms with van der Waals surface area (Å²) in [6.07, 6.45) is 41.1. The van der Waals surface area contributed by atoms with E-state index in [0.29, 0.717) is 6.17 Å². The number of hydrogen-bond acceptors (Lipinski definition) is 2. The standard InChI is InChI=1S/C33H66N2/c1-4-7-9-11-13-14-15-16-17-18-19-20-21-23-25-27-30-35-32-31-34(29-6-3)33(35)28-26-24-22-12-10-8-5-2/h31-33H,4-30H2,1-3H3. The Labute approximate surface area is 222 Å². The fourth-order valence-electron chi connectivity index (χ4n) is 5.72. The molecular formula is C33H66N2. The SMILES string of the molecule is CCCCCCCCCCCCCCCCCCN1C=CN(CCC)C1CCCCCCCCC.